The molecule has 0 saturated carbocycles. The molecule has 0 amide bonds. The molecule has 2 rings (SSSR count). The van der Waals surface area contributed by atoms with Gasteiger partial charge in [-0.25, -0.2) is 4.99 Å². The topological polar surface area (TPSA) is 73.0 Å². The largest absolute Gasteiger partial charge is 0.466 e. The van der Waals surface area contributed by atoms with Crippen LogP contribution in [-0.2, 0) is 5.60 Å². The van der Waals surface area contributed by atoms with Gasteiger partial charge in [-0.1, -0.05) is 12.8 Å². The summed E-state index contributed by atoms with van der Waals surface area (Å²) in [5.41, 5.74) is -0.242. The maximum Gasteiger partial charge on any atom is 0.191 e. The van der Waals surface area contributed by atoms with E-state index in [0.717, 1.165) is 42.7 Å². The molecule has 1 aromatic rings. The maximum atomic E-state index is 10.8. The highest BCUT2D eigenvalue weighted by Crippen LogP contribution is 2.27. The molecule has 0 aliphatic carbocycles. The van der Waals surface area contributed by atoms with E-state index in [-0.39, 0.29) is 30.5 Å². The number of likely N-dealkylation sites (tertiary alicyclic amines) is 1. The SMILES string of the molecule is CCNC(=NCC(C)(O)c1cc(C)oc1C)NCCN1CCCCCC1.I. The van der Waals surface area contributed by atoms with Gasteiger partial charge in [-0.3, -0.25) is 0 Å². The van der Waals surface area contributed by atoms with E-state index in [1.54, 1.807) is 6.92 Å². The van der Waals surface area contributed by atoms with Crippen molar-refractivity contribution >= 4 is 29.9 Å². The van der Waals surface area contributed by atoms with Gasteiger partial charge in [-0.2, -0.15) is 0 Å². The van der Waals surface area contributed by atoms with Crippen LogP contribution >= 0.6 is 24.0 Å². The van der Waals surface area contributed by atoms with E-state index in [0.29, 0.717) is 0 Å². The van der Waals surface area contributed by atoms with Gasteiger partial charge >= 0.3 is 0 Å². The van der Waals surface area contributed by atoms with Gasteiger partial charge in [-0.05, 0) is 59.7 Å². The minimum Gasteiger partial charge on any atom is -0.466 e. The first-order valence-corrected chi connectivity index (χ1v) is 9.97. The second-order valence-corrected chi connectivity index (χ2v) is 7.48. The average molecular weight is 492 g/mol. The van der Waals surface area contributed by atoms with E-state index in [1.807, 2.05) is 26.8 Å². The van der Waals surface area contributed by atoms with Crippen LogP contribution in [0.4, 0.5) is 0 Å². The van der Waals surface area contributed by atoms with Crippen LogP contribution in [0.15, 0.2) is 15.5 Å². The number of aliphatic hydroxyl groups is 1. The molecule has 1 saturated heterocycles. The number of hydrogen-bond acceptors (Lipinski definition) is 4. The average Bonchev–Trinajstić information content (AvgIpc) is 2.79. The van der Waals surface area contributed by atoms with E-state index in [1.165, 1.54) is 38.8 Å². The first kappa shape index (κ1) is 24.2. The molecule has 156 valence electrons. The summed E-state index contributed by atoms with van der Waals surface area (Å²) in [6.07, 6.45) is 5.33. The zero-order chi connectivity index (χ0) is 19.0. The molecular formula is C20H37IN4O2. The Labute approximate surface area is 181 Å². The molecule has 1 fully saturated rings. The number of hydrogen-bond donors (Lipinski definition) is 3. The number of furan rings is 1. The number of halogens is 1. The fourth-order valence-electron chi connectivity index (χ4n) is 3.52. The molecule has 1 atom stereocenters. The molecule has 0 aromatic carbocycles. The number of aryl methyl sites for hydroxylation is 2. The lowest BCUT2D eigenvalue weighted by atomic mass is 9.96. The van der Waals surface area contributed by atoms with Gasteiger partial charge in [0.25, 0.3) is 0 Å². The molecule has 3 N–H and O–H groups in total. The third kappa shape index (κ3) is 7.99. The van der Waals surface area contributed by atoms with Crippen LogP contribution in [0.1, 0.15) is 56.6 Å². The first-order valence-electron chi connectivity index (χ1n) is 9.97. The maximum absolute atomic E-state index is 10.8. The lowest BCUT2D eigenvalue weighted by Gasteiger charge is -2.23. The van der Waals surface area contributed by atoms with Gasteiger partial charge in [0.05, 0.1) is 6.54 Å². The molecule has 27 heavy (non-hydrogen) atoms. The summed E-state index contributed by atoms with van der Waals surface area (Å²) < 4.78 is 5.55. The van der Waals surface area contributed by atoms with Crippen molar-refractivity contribution in [3.63, 3.8) is 0 Å². The van der Waals surface area contributed by atoms with E-state index < -0.39 is 5.60 Å². The van der Waals surface area contributed by atoms with Gasteiger partial charge in [-0.15, -0.1) is 24.0 Å². The predicted octanol–water partition coefficient (Wildman–Crippen LogP) is 3.15. The van der Waals surface area contributed by atoms with Crippen LogP contribution in [0.5, 0.6) is 0 Å². The Kier molecular flexibility index (Phi) is 10.7. The van der Waals surface area contributed by atoms with Crippen LogP contribution in [0.3, 0.4) is 0 Å². The molecule has 0 radical (unpaired) electrons. The molecule has 2 heterocycles. The summed E-state index contributed by atoms with van der Waals surface area (Å²) in [7, 11) is 0. The second kappa shape index (κ2) is 11.9. The summed E-state index contributed by atoms with van der Waals surface area (Å²) in [6.45, 7) is 13.0. The minimum atomic E-state index is -1.05. The van der Waals surface area contributed by atoms with Crippen molar-refractivity contribution in [2.24, 2.45) is 4.99 Å². The summed E-state index contributed by atoms with van der Waals surface area (Å²) in [6, 6.07) is 1.89. The Balaban J connectivity index is 0.00000364. The van der Waals surface area contributed by atoms with E-state index >= 15 is 0 Å². The molecule has 1 aromatic heterocycles. The minimum absolute atomic E-state index is 0. The molecular weight excluding hydrogens is 455 g/mol. The highest BCUT2D eigenvalue weighted by Gasteiger charge is 2.27. The van der Waals surface area contributed by atoms with E-state index in [4.69, 9.17) is 4.42 Å². The van der Waals surface area contributed by atoms with E-state index in [9.17, 15) is 5.11 Å². The van der Waals surface area contributed by atoms with Crippen molar-refractivity contribution in [3.05, 3.63) is 23.2 Å². The van der Waals surface area contributed by atoms with Crippen LogP contribution in [0, 0.1) is 13.8 Å². The molecule has 1 unspecified atom stereocenters. The van der Waals surface area contributed by atoms with Crippen molar-refractivity contribution in [3.8, 4) is 0 Å². The summed E-state index contributed by atoms with van der Waals surface area (Å²) in [4.78, 5) is 7.12. The lowest BCUT2D eigenvalue weighted by Crippen LogP contribution is -2.42. The van der Waals surface area contributed by atoms with Gasteiger partial charge in [0, 0.05) is 25.2 Å². The Hall–Kier alpha value is -0.800. The third-order valence-electron chi connectivity index (χ3n) is 4.93. The highest BCUT2D eigenvalue weighted by molar-refractivity contribution is 14.0. The summed E-state index contributed by atoms with van der Waals surface area (Å²) in [5, 5.41) is 17.5. The Morgan fingerprint density at radius 2 is 1.89 bits per heavy atom. The van der Waals surface area contributed by atoms with Crippen LogP contribution < -0.4 is 10.6 Å². The summed E-state index contributed by atoms with van der Waals surface area (Å²) in [5.74, 6) is 2.31. The van der Waals surface area contributed by atoms with Crippen molar-refractivity contribution < 1.29 is 9.52 Å². The number of rotatable bonds is 7. The van der Waals surface area contributed by atoms with Crippen molar-refractivity contribution in [2.45, 2.75) is 59.0 Å². The smallest absolute Gasteiger partial charge is 0.191 e. The molecule has 0 bridgehead atoms. The van der Waals surface area contributed by atoms with Crippen LogP contribution in [0.25, 0.3) is 0 Å². The van der Waals surface area contributed by atoms with Crippen molar-refractivity contribution in [1.82, 2.24) is 15.5 Å². The molecule has 7 heteroatoms. The zero-order valence-corrected chi connectivity index (χ0v) is 19.6. The molecule has 6 nitrogen and oxygen atoms in total. The standard InChI is InChI=1S/C20H36N4O2.HI/c1-5-21-19(22-10-13-24-11-8-6-7-9-12-24)23-15-20(4,25)18-14-16(2)26-17(18)3;/h14,25H,5-13,15H2,1-4H3,(H2,21,22,23);1H. The molecule has 1 aliphatic heterocycles. The van der Waals surface area contributed by atoms with Gasteiger partial charge in [0.1, 0.15) is 17.1 Å². The van der Waals surface area contributed by atoms with Crippen LogP contribution in [0.2, 0.25) is 0 Å². The zero-order valence-electron chi connectivity index (χ0n) is 17.3. The third-order valence-corrected chi connectivity index (χ3v) is 4.93. The van der Waals surface area contributed by atoms with Crippen molar-refractivity contribution in [2.75, 3.05) is 39.3 Å². The Morgan fingerprint density at radius 3 is 2.44 bits per heavy atom. The first-order chi connectivity index (χ1) is 12.4. The van der Waals surface area contributed by atoms with Gasteiger partial charge < -0.3 is 25.1 Å². The molecule has 1 aliphatic rings. The Morgan fingerprint density at radius 1 is 1.22 bits per heavy atom. The fraction of sp³-hybridized carbons (Fsp3) is 0.750. The van der Waals surface area contributed by atoms with Gasteiger partial charge in [0.15, 0.2) is 5.96 Å². The number of guanidine groups is 1. The number of aliphatic imine (C=N–C) groups is 1. The lowest BCUT2D eigenvalue weighted by molar-refractivity contribution is 0.0657. The van der Waals surface area contributed by atoms with Crippen LogP contribution in [-0.4, -0.2) is 55.2 Å². The monoisotopic (exact) mass is 492 g/mol. The quantitative estimate of drug-likeness (QED) is 0.310. The number of nitrogens with zero attached hydrogens (tertiary/aromatic N) is 2. The fourth-order valence-corrected chi connectivity index (χ4v) is 3.52. The molecule has 0 spiro atoms. The number of nitrogens with one attached hydrogen (secondary N) is 2. The predicted molar refractivity (Wildman–Crippen MR) is 122 cm³/mol. The second-order valence-electron chi connectivity index (χ2n) is 7.48. The normalized spacial score (nSPS) is 18.3. The van der Waals surface area contributed by atoms with E-state index in [2.05, 4.69) is 20.5 Å². The Bertz CT molecular complexity index is 579. The van der Waals surface area contributed by atoms with Gasteiger partial charge in [0.2, 0.25) is 0 Å². The highest BCUT2D eigenvalue weighted by atomic mass is 127. The van der Waals surface area contributed by atoms with Crippen molar-refractivity contribution in [1.29, 1.82) is 0 Å². The summed E-state index contributed by atoms with van der Waals surface area (Å²) >= 11 is 0.